The van der Waals surface area contributed by atoms with Gasteiger partial charge >= 0.3 is 0 Å². The summed E-state index contributed by atoms with van der Waals surface area (Å²) < 4.78 is 4.98. The van der Waals surface area contributed by atoms with Crippen LogP contribution in [0.3, 0.4) is 0 Å². The van der Waals surface area contributed by atoms with E-state index >= 15 is 0 Å². The maximum Gasteiger partial charge on any atom is 0.0929 e. The first-order valence-electron chi connectivity index (χ1n) is 3.45. The molecule has 0 atom stereocenters. The number of rotatable bonds is 4. The fourth-order valence-corrected chi connectivity index (χ4v) is 0.415. The minimum Gasteiger partial charge on any atom is -0.470 e. The number of hydrogen-bond acceptors (Lipinski definition) is 1. The summed E-state index contributed by atoms with van der Waals surface area (Å²) in [5, 5.41) is 0. The topological polar surface area (TPSA) is 9.23 Å². The molecule has 0 bridgehead atoms. The van der Waals surface area contributed by atoms with Crippen molar-refractivity contribution in [2.24, 2.45) is 0 Å². The van der Waals surface area contributed by atoms with Crippen LogP contribution in [0.1, 0.15) is 13.8 Å². The summed E-state index contributed by atoms with van der Waals surface area (Å²) >= 11 is 0. The molecule has 0 aromatic rings. The van der Waals surface area contributed by atoms with Crippen molar-refractivity contribution in [2.75, 3.05) is 0 Å². The van der Waals surface area contributed by atoms with Crippen LogP contribution < -0.4 is 0 Å². The smallest absolute Gasteiger partial charge is 0.0929 e. The van der Waals surface area contributed by atoms with E-state index in [0.29, 0.717) is 5.76 Å². The summed E-state index contributed by atoms with van der Waals surface area (Å²) in [7, 11) is 0. The summed E-state index contributed by atoms with van der Waals surface area (Å²) in [4.78, 5) is 0. The van der Waals surface area contributed by atoms with Crippen LogP contribution in [0.15, 0.2) is 49.0 Å². The molecule has 0 heterocycles. The molecule has 0 aliphatic carbocycles. The molecule has 0 aliphatic heterocycles. The molecule has 0 saturated carbocycles. The Labute approximate surface area is 68.4 Å². The van der Waals surface area contributed by atoms with E-state index in [1.165, 1.54) is 0 Å². The lowest BCUT2D eigenvalue weighted by molar-refractivity contribution is 0.356. The summed E-state index contributed by atoms with van der Waals surface area (Å²) in [5.41, 5.74) is 1.10. The quantitative estimate of drug-likeness (QED) is 0.441. The Hall–Kier alpha value is -1.24. The van der Waals surface area contributed by atoms with Gasteiger partial charge in [0.15, 0.2) is 0 Å². The molecule has 0 radical (unpaired) electrons. The summed E-state index contributed by atoms with van der Waals surface area (Å²) in [6.07, 6.45) is 7.10. The van der Waals surface area contributed by atoms with Gasteiger partial charge in [-0.2, -0.15) is 0 Å². The highest BCUT2D eigenvalue weighted by atomic mass is 16.5. The van der Waals surface area contributed by atoms with Crippen molar-refractivity contribution in [1.82, 2.24) is 0 Å². The van der Waals surface area contributed by atoms with E-state index in [0.717, 1.165) is 5.57 Å². The average Bonchev–Trinajstić information content (AvgIpc) is 1.97. The fourth-order valence-electron chi connectivity index (χ4n) is 0.415. The highest BCUT2D eigenvalue weighted by molar-refractivity contribution is 5.18. The molecule has 0 unspecified atom stereocenters. The van der Waals surface area contributed by atoms with Crippen molar-refractivity contribution >= 4 is 0 Å². The van der Waals surface area contributed by atoms with Crippen molar-refractivity contribution in [2.45, 2.75) is 13.8 Å². The third-order valence-electron chi connectivity index (χ3n) is 1.03. The summed E-state index contributed by atoms with van der Waals surface area (Å²) in [6.45, 7) is 11.0. The molecular weight excluding hydrogens is 136 g/mol. The van der Waals surface area contributed by atoms with Crippen molar-refractivity contribution in [3.8, 4) is 0 Å². The van der Waals surface area contributed by atoms with Gasteiger partial charge in [-0.1, -0.05) is 30.9 Å². The minimum atomic E-state index is 0.686. The predicted molar refractivity (Wildman–Crippen MR) is 49.0 cm³/mol. The van der Waals surface area contributed by atoms with E-state index in [1.807, 2.05) is 19.1 Å². The second-order valence-electron chi connectivity index (χ2n) is 2.26. The molecule has 0 N–H and O–H groups in total. The van der Waals surface area contributed by atoms with Gasteiger partial charge in [0, 0.05) is 0 Å². The van der Waals surface area contributed by atoms with Gasteiger partial charge in [0.2, 0.25) is 0 Å². The van der Waals surface area contributed by atoms with E-state index < -0.39 is 0 Å². The first-order chi connectivity index (χ1) is 5.16. The molecule has 11 heavy (non-hydrogen) atoms. The van der Waals surface area contributed by atoms with Gasteiger partial charge in [0.05, 0.1) is 12.0 Å². The van der Waals surface area contributed by atoms with E-state index in [9.17, 15) is 0 Å². The second kappa shape index (κ2) is 5.54. The minimum absolute atomic E-state index is 0.686. The van der Waals surface area contributed by atoms with E-state index in [4.69, 9.17) is 4.74 Å². The largest absolute Gasteiger partial charge is 0.470 e. The van der Waals surface area contributed by atoms with Crippen LogP contribution in [0.2, 0.25) is 0 Å². The summed E-state index contributed by atoms with van der Waals surface area (Å²) in [5.74, 6) is 0.686. The predicted octanol–water partition coefficient (Wildman–Crippen LogP) is 3.18. The zero-order valence-electron chi connectivity index (χ0n) is 7.13. The highest BCUT2D eigenvalue weighted by Gasteiger charge is 1.76. The SMILES string of the molecule is C=C/C(C)=C/C=C\OC(=C)C. The normalized spacial score (nSPS) is 11.6. The van der Waals surface area contributed by atoms with Gasteiger partial charge in [0.25, 0.3) is 0 Å². The van der Waals surface area contributed by atoms with Gasteiger partial charge in [-0.05, 0) is 19.9 Å². The van der Waals surface area contributed by atoms with Crippen LogP contribution in [0, 0.1) is 0 Å². The van der Waals surface area contributed by atoms with Crippen LogP contribution >= 0.6 is 0 Å². The Balaban J connectivity index is 3.76. The fraction of sp³-hybridized carbons (Fsp3) is 0.200. The number of allylic oxidation sites excluding steroid dienone is 5. The van der Waals surface area contributed by atoms with Gasteiger partial charge in [-0.3, -0.25) is 0 Å². The van der Waals surface area contributed by atoms with Gasteiger partial charge in [0.1, 0.15) is 0 Å². The van der Waals surface area contributed by atoms with Crippen LogP contribution in [-0.4, -0.2) is 0 Å². The van der Waals surface area contributed by atoms with E-state index in [2.05, 4.69) is 13.2 Å². The maximum atomic E-state index is 4.98. The zero-order valence-corrected chi connectivity index (χ0v) is 7.13. The van der Waals surface area contributed by atoms with Gasteiger partial charge in [-0.15, -0.1) is 0 Å². The van der Waals surface area contributed by atoms with Crippen LogP contribution in [0.5, 0.6) is 0 Å². The first kappa shape index (κ1) is 9.76. The standard InChI is InChI=1S/C10H14O/c1-5-10(4)7-6-8-11-9(2)3/h5-8H,1-2H2,3-4H3/b8-6-,10-7+. The Morgan fingerprint density at radius 2 is 2.00 bits per heavy atom. The Bertz CT molecular complexity index is 197. The Kier molecular flexibility index (Phi) is 4.91. The molecule has 0 rings (SSSR count). The molecule has 1 nitrogen and oxygen atoms in total. The lowest BCUT2D eigenvalue weighted by atomic mass is 10.3. The lowest BCUT2D eigenvalue weighted by Gasteiger charge is -1.93. The molecule has 0 amide bonds. The third-order valence-corrected chi connectivity index (χ3v) is 1.03. The van der Waals surface area contributed by atoms with Crippen LogP contribution in [0.25, 0.3) is 0 Å². The van der Waals surface area contributed by atoms with Crippen molar-refractivity contribution in [1.29, 1.82) is 0 Å². The van der Waals surface area contributed by atoms with Crippen molar-refractivity contribution < 1.29 is 4.74 Å². The monoisotopic (exact) mass is 150 g/mol. The molecule has 0 aromatic heterocycles. The Morgan fingerprint density at radius 3 is 2.45 bits per heavy atom. The van der Waals surface area contributed by atoms with Crippen LogP contribution in [0.4, 0.5) is 0 Å². The molecule has 0 aliphatic rings. The van der Waals surface area contributed by atoms with Crippen molar-refractivity contribution in [3.63, 3.8) is 0 Å². The van der Waals surface area contributed by atoms with Crippen LogP contribution in [-0.2, 0) is 4.74 Å². The molecule has 0 saturated heterocycles. The van der Waals surface area contributed by atoms with Gasteiger partial charge in [-0.25, -0.2) is 0 Å². The van der Waals surface area contributed by atoms with E-state index in [-0.39, 0.29) is 0 Å². The average molecular weight is 150 g/mol. The Morgan fingerprint density at radius 1 is 1.36 bits per heavy atom. The second-order valence-corrected chi connectivity index (χ2v) is 2.26. The first-order valence-corrected chi connectivity index (χ1v) is 3.45. The highest BCUT2D eigenvalue weighted by Crippen LogP contribution is 1.95. The number of ether oxygens (including phenoxy) is 1. The lowest BCUT2D eigenvalue weighted by Crippen LogP contribution is -1.72. The molecule has 0 fully saturated rings. The van der Waals surface area contributed by atoms with Gasteiger partial charge < -0.3 is 4.74 Å². The molecule has 1 heteroatoms. The third kappa shape index (κ3) is 6.65. The van der Waals surface area contributed by atoms with E-state index in [1.54, 1.807) is 19.3 Å². The molecule has 60 valence electrons. The molecule has 0 aromatic carbocycles. The number of hydrogen-bond donors (Lipinski definition) is 0. The maximum absolute atomic E-state index is 4.98. The summed E-state index contributed by atoms with van der Waals surface area (Å²) in [6, 6.07) is 0. The molecular formula is C10H14O. The molecule has 0 spiro atoms. The zero-order chi connectivity index (χ0) is 8.69. The van der Waals surface area contributed by atoms with Crippen molar-refractivity contribution in [3.05, 3.63) is 49.0 Å².